The molecule has 0 bridgehead atoms. The molecule has 0 aliphatic carbocycles. The van der Waals surface area contributed by atoms with Gasteiger partial charge in [0.2, 0.25) is 17.6 Å². The Labute approximate surface area is 193 Å². The van der Waals surface area contributed by atoms with Gasteiger partial charge in [-0.2, -0.15) is 14.8 Å². The van der Waals surface area contributed by atoms with Gasteiger partial charge in [0.05, 0.1) is 12.3 Å². The van der Waals surface area contributed by atoms with Crippen LogP contribution in [-0.2, 0) is 18.3 Å². The number of ether oxygens (including phenoxy) is 1. The highest BCUT2D eigenvalue weighted by atomic mass is 16.5. The van der Waals surface area contributed by atoms with E-state index in [2.05, 4.69) is 20.6 Å². The van der Waals surface area contributed by atoms with Crippen molar-refractivity contribution in [3.8, 4) is 23.0 Å². The van der Waals surface area contributed by atoms with E-state index in [1.54, 1.807) is 54.6 Å². The van der Waals surface area contributed by atoms with Crippen molar-refractivity contribution in [1.29, 1.82) is 0 Å². The number of aryl methyl sites for hydroxylation is 1. The zero-order valence-corrected chi connectivity index (χ0v) is 18.6. The number of para-hydroxylation sites is 1. The molecule has 0 saturated heterocycles. The molecule has 4 aromatic rings. The molecule has 34 heavy (non-hydrogen) atoms. The summed E-state index contributed by atoms with van der Waals surface area (Å²) in [6.45, 7) is 2.46. The Kier molecular flexibility index (Phi) is 6.62. The maximum absolute atomic E-state index is 12.6. The summed E-state index contributed by atoms with van der Waals surface area (Å²) in [5.41, 5.74) is -0.276. The van der Waals surface area contributed by atoms with Gasteiger partial charge in [0, 0.05) is 25.6 Å². The number of carbonyl (C=O) groups is 1. The smallest absolute Gasteiger partial charge is 0.351 e. The number of hydrogen-bond acceptors (Lipinski definition) is 8. The van der Waals surface area contributed by atoms with Gasteiger partial charge in [0.15, 0.2) is 5.69 Å². The van der Waals surface area contributed by atoms with E-state index in [9.17, 15) is 14.4 Å². The number of hydrogen-bond donors (Lipinski definition) is 1. The van der Waals surface area contributed by atoms with E-state index in [-0.39, 0.29) is 36.2 Å². The molecule has 0 aliphatic rings. The highest BCUT2D eigenvalue weighted by Gasteiger charge is 2.19. The first-order valence-electron chi connectivity index (χ1n) is 10.6. The van der Waals surface area contributed by atoms with Gasteiger partial charge in [-0.3, -0.25) is 14.2 Å². The lowest BCUT2D eigenvalue weighted by molar-refractivity contribution is -0.116. The Balaban J connectivity index is 1.47. The third-order valence-corrected chi connectivity index (χ3v) is 4.87. The molecule has 0 atom stereocenters. The van der Waals surface area contributed by atoms with E-state index in [0.717, 1.165) is 15.0 Å². The fraction of sp³-hybridized carbons (Fsp3) is 0.217. The minimum atomic E-state index is -0.655. The molecule has 11 nitrogen and oxygen atoms in total. The van der Waals surface area contributed by atoms with Crippen molar-refractivity contribution in [3.63, 3.8) is 0 Å². The molecule has 1 amide bonds. The van der Waals surface area contributed by atoms with Gasteiger partial charge in [-0.1, -0.05) is 23.4 Å². The Hall–Kier alpha value is -4.54. The van der Waals surface area contributed by atoms with Gasteiger partial charge in [0.25, 0.3) is 5.56 Å². The van der Waals surface area contributed by atoms with Crippen LogP contribution in [0.3, 0.4) is 0 Å². The first kappa shape index (κ1) is 22.6. The van der Waals surface area contributed by atoms with Crippen LogP contribution in [0.1, 0.15) is 19.2 Å². The van der Waals surface area contributed by atoms with Crippen LogP contribution in [0.25, 0.3) is 17.2 Å². The lowest BCUT2D eigenvalue weighted by Gasteiger charge is -2.07. The molecule has 174 valence electrons. The van der Waals surface area contributed by atoms with Crippen LogP contribution in [0.2, 0.25) is 0 Å². The van der Waals surface area contributed by atoms with Crippen LogP contribution in [0.4, 0.5) is 5.69 Å². The Morgan fingerprint density at radius 3 is 2.53 bits per heavy atom. The van der Waals surface area contributed by atoms with Gasteiger partial charge in [-0.15, -0.1) is 0 Å². The lowest BCUT2D eigenvalue weighted by Crippen LogP contribution is -2.40. The van der Waals surface area contributed by atoms with Crippen LogP contribution < -0.4 is 21.3 Å². The lowest BCUT2D eigenvalue weighted by atomic mass is 10.2. The first-order valence-corrected chi connectivity index (χ1v) is 10.6. The van der Waals surface area contributed by atoms with Crippen molar-refractivity contribution < 1.29 is 14.1 Å². The second kappa shape index (κ2) is 9.94. The van der Waals surface area contributed by atoms with Crippen molar-refractivity contribution in [1.82, 2.24) is 24.5 Å². The molecule has 2 heterocycles. The average molecular weight is 462 g/mol. The van der Waals surface area contributed by atoms with E-state index >= 15 is 0 Å². The summed E-state index contributed by atoms with van der Waals surface area (Å²) in [4.78, 5) is 41.6. The maximum atomic E-state index is 12.6. The molecule has 0 radical (unpaired) electrons. The number of aromatic nitrogens is 5. The molecular formula is C23H22N6O5. The normalized spacial score (nSPS) is 10.8. The molecule has 0 aliphatic heterocycles. The zero-order chi connectivity index (χ0) is 24.1. The second-order valence-electron chi connectivity index (χ2n) is 7.26. The maximum Gasteiger partial charge on any atom is 0.351 e. The summed E-state index contributed by atoms with van der Waals surface area (Å²) in [6, 6.07) is 15.7. The Morgan fingerprint density at radius 1 is 1.09 bits per heavy atom. The quantitative estimate of drug-likeness (QED) is 0.420. The summed E-state index contributed by atoms with van der Waals surface area (Å²) in [5, 5.41) is 10.8. The van der Waals surface area contributed by atoms with Gasteiger partial charge < -0.3 is 14.6 Å². The van der Waals surface area contributed by atoms with Crippen LogP contribution in [0.5, 0.6) is 5.75 Å². The fourth-order valence-corrected chi connectivity index (χ4v) is 3.15. The highest BCUT2D eigenvalue weighted by Crippen LogP contribution is 2.16. The molecule has 11 heteroatoms. The standard InChI is InChI=1S/C23H22N6O5/c1-3-33-17-11-9-15(10-12-17)24-18(30)13-14-19-25-21(27-34-19)20-22(31)28(2)23(32)29(26-20)16-7-5-4-6-8-16/h4-12H,3,13-14H2,1-2H3,(H,24,30). The third kappa shape index (κ3) is 4.93. The molecule has 1 N–H and O–H groups in total. The van der Waals surface area contributed by atoms with Crippen molar-refractivity contribution in [3.05, 3.63) is 81.3 Å². The average Bonchev–Trinajstić information content (AvgIpc) is 3.32. The predicted octanol–water partition coefficient (Wildman–Crippen LogP) is 1.95. The third-order valence-electron chi connectivity index (χ3n) is 4.87. The number of benzene rings is 2. The van der Waals surface area contributed by atoms with Crippen molar-refractivity contribution in [2.24, 2.45) is 7.05 Å². The SMILES string of the molecule is CCOc1ccc(NC(=O)CCc2nc(-c3nn(-c4ccccc4)c(=O)n(C)c3=O)no2)cc1. The second-order valence-corrected chi connectivity index (χ2v) is 7.26. The van der Waals surface area contributed by atoms with Crippen molar-refractivity contribution in [2.75, 3.05) is 11.9 Å². The monoisotopic (exact) mass is 462 g/mol. The first-order chi connectivity index (χ1) is 16.5. The summed E-state index contributed by atoms with van der Waals surface area (Å²) in [7, 11) is 1.35. The van der Waals surface area contributed by atoms with Crippen LogP contribution in [0, 0.1) is 0 Å². The highest BCUT2D eigenvalue weighted by molar-refractivity contribution is 5.90. The summed E-state index contributed by atoms with van der Waals surface area (Å²) in [5.74, 6) is 0.582. The molecule has 4 rings (SSSR count). The molecule has 0 unspecified atom stereocenters. The van der Waals surface area contributed by atoms with E-state index in [4.69, 9.17) is 9.26 Å². The Bertz CT molecular complexity index is 1410. The summed E-state index contributed by atoms with van der Waals surface area (Å²) in [6.07, 6.45) is 0.248. The zero-order valence-electron chi connectivity index (χ0n) is 18.6. The largest absolute Gasteiger partial charge is 0.494 e. The van der Waals surface area contributed by atoms with Crippen LogP contribution >= 0.6 is 0 Å². The van der Waals surface area contributed by atoms with Gasteiger partial charge in [-0.25, -0.2) is 4.79 Å². The van der Waals surface area contributed by atoms with Crippen molar-refractivity contribution >= 4 is 11.6 Å². The van der Waals surface area contributed by atoms with Gasteiger partial charge in [-0.05, 0) is 43.3 Å². The van der Waals surface area contributed by atoms with Gasteiger partial charge in [0.1, 0.15) is 5.75 Å². The molecule has 0 fully saturated rings. The number of carbonyl (C=O) groups excluding carboxylic acids is 1. The van der Waals surface area contributed by atoms with E-state index in [1.165, 1.54) is 7.05 Å². The van der Waals surface area contributed by atoms with E-state index < -0.39 is 11.2 Å². The molecule has 0 spiro atoms. The predicted molar refractivity (Wildman–Crippen MR) is 123 cm³/mol. The minimum absolute atomic E-state index is 0.0628. The number of nitrogens with zero attached hydrogens (tertiary/aromatic N) is 5. The molecular weight excluding hydrogens is 440 g/mol. The number of anilines is 1. The summed E-state index contributed by atoms with van der Waals surface area (Å²) >= 11 is 0. The Morgan fingerprint density at radius 2 is 1.82 bits per heavy atom. The number of nitrogens with one attached hydrogen (secondary N) is 1. The minimum Gasteiger partial charge on any atom is -0.494 e. The molecule has 0 saturated carbocycles. The van der Waals surface area contributed by atoms with E-state index in [1.807, 2.05) is 6.92 Å². The van der Waals surface area contributed by atoms with Gasteiger partial charge >= 0.3 is 5.69 Å². The van der Waals surface area contributed by atoms with Crippen LogP contribution in [-0.4, -0.2) is 37.0 Å². The fourth-order valence-electron chi connectivity index (χ4n) is 3.15. The number of rotatable bonds is 8. The van der Waals surface area contributed by atoms with E-state index in [0.29, 0.717) is 18.0 Å². The van der Waals surface area contributed by atoms with Crippen LogP contribution in [0.15, 0.2) is 68.7 Å². The number of amides is 1. The van der Waals surface area contributed by atoms with Crippen molar-refractivity contribution in [2.45, 2.75) is 19.8 Å². The molecule has 2 aromatic heterocycles. The molecule has 2 aromatic carbocycles. The summed E-state index contributed by atoms with van der Waals surface area (Å²) < 4.78 is 12.6. The topological polar surface area (TPSA) is 134 Å².